The molecule has 1 heterocycles. The zero-order chi connectivity index (χ0) is 14.4. The number of carbonyl (C=O) groups excluding carboxylic acids is 1. The number of rotatable bonds is 2. The molecule has 2 unspecified atom stereocenters. The van der Waals surface area contributed by atoms with E-state index in [1.807, 2.05) is 18.2 Å². The number of carbonyl (C=O) groups is 1. The summed E-state index contributed by atoms with van der Waals surface area (Å²) in [5.74, 6) is -0.120. The summed E-state index contributed by atoms with van der Waals surface area (Å²) in [5.41, 5.74) is 0.625. The van der Waals surface area contributed by atoms with Gasteiger partial charge in [0.05, 0.1) is 6.61 Å². The molecule has 0 saturated carbocycles. The summed E-state index contributed by atoms with van der Waals surface area (Å²) in [6.45, 7) is 0.338. The molecule has 2 rings (SSSR count). The third-order valence-electron chi connectivity index (χ3n) is 2.85. The summed E-state index contributed by atoms with van der Waals surface area (Å²) in [6, 6.07) is 9.00. The molecule has 1 fully saturated rings. The van der Waals surface area contributed by atoms with Gasteiger partial charge in [0.1, 0.15) is 0 Å². The summed E-state index contributed by atoms with van der Waals surface area (Å²) in [7, 11) is -3.56. The Kier molecular flexibility index (Phi) is 5.78. The van der Waals surface area contributed by atoms with E-state index in [4.69, 9.17) is 9.05 Å². The number of halogens is 1. The van der Waals surface area contributed by atoms with Crippen molar-refractivity contribution in [2.75, 3.05) is 11.7 Å². The molecule has 1 N–H and O–H groups in total. The Bertz CT molecular complexity index is 496. The lowest BCUT2D eigenvalue weighted by Gasteiger charge is -2.23. The second kappa shape index (κ2) is 7.36. The fraction of sp³-hybridized carbons (Fsp3) is 0.462. The summed E-state index contributed by atoms with van der Waals surface area (Å²) >= 11 is 3.12. The van der Waals surface area contributed by atoms with Crippen molar-refractivity contribution in [1.29, 1.82) is 0 Å². The van der Waals surface area contributed by atoms with E-state index in [0.717, 1.165) is 19.3 Å². The van der Waals surface area contributed by atoms with Gasteiger partial charge in [-0.25, -0.2) is 4.57 Å². The van der Waals surface area contributed by atoms with Gasteiger partial charge >= 0.3 is 7.75 Å². The molecular formula is C13H17BrNO4P. The number of Topliss-reactive ketones (excluding diaryl/α,β-unsaturated/α-hetero) is 1. The molecule has 2 atom stereocenters. The molecule has 7 heteroatoms. The van der Waals surface area contributed by atoms with E-state index in [2.05, 4.69) is 21.0 Å². The minimum Gasteiger partial charge on any atom is -0.296 e. The van der Waals surface area contributed by atoms with Crippen molar-refractivity contribution >= 4 is 35.1 Å². The Labute approximate surface area is 126 Å². The number of alkyl halides is 1. The molecule has 5 nitrogen and oxygen atoms in total. The summed E-state index contributed by atoms with van der Waals surface area (Å²) in [4.78, 5) is 11.8. The Morgan fingerprint density at radius 1 is 1.20 bits per heavy atom. The van der Waals surface area contributed by atoms with E-state index in [0.29, 0.717) is 18.7 Å². The van der Waals surface area contributed by atoms with Crippen molar-refractivity contribution in [3.8, 4) is 0 Å². The number of ketones is 1. The third kappa shape index (κ3) is 4.70. The molecule has 1 aromatic rings. The van der Waals surface area contributed by atoms with Crippen LogP contribution in [0.2, 0.25) is 0 Å². The fourth-order valence-corrected chi connectivity index (χ4v) is 4.08. The van der Waals surface area contributed by atoms with Crippen LogP contribution in [-0.2, 0) is 18.4 Å². The standard InChI is InChI=1S/C13H17BrNO4P/c14-13-12(16)9-5-2-6-10-18-20(17,19-13)15-11-7-3-1-4-8-11/h1,3-4,7-8,13H,2,5-6,9-10H2,(H,15,17). The Morgan fingerprint density at radius 3 is 2.70 bits per heavy atom. The van der Waals surface area contributed by atoms with E-state index in [-0.39, 0.29) is 5.78 Å². The monoisotopic (exact) mass is 361 g/mol. The largest absolute Gasteiger partial charge is 0.434 e. The molecule has 0 aliphatic carbocycles. The van der Waals surface area contributed by atoms with Crippen LogP contribution in [0.25, 0.3) is 0 Å². The molecule has 1 aliphatic heterocycles. The van der Waals surface area contributed by atoms with Crippen LogP contribution in [0.3, 0.4) is 0 Å². The van der Waals surface area contributed by atoms with Gasteiger partial charge in [-0.2, -0.15) is 0 Å². The number of nitrogens with one attached hydrogen (secondary N) is 1. The quantitative estimate of drug-likeness (QED) is 0.634. The highest BCUT2D eigenvalue weighted by Gasteiger charge is 2.32. The van der Waals surface area contributed by atoms with E-state index in [9.17, 15) is 9.36 Å². The summed E-state index contributed by atoms with van der Waals surface area (Å²) < 4.78 is 23.3. The highest BCUT2D eigenvalue weighted by molar-refractivity contribution is 9.09. The smallest absolute Gasteiger partial charge is 0.296 e. The second-order valence-electron chi connectivity index (χ2n) is 4.51. The lowest BCUT2D eigenvalue weighted by molar-refractivity contribution is -0.122. The molecule has 0 amide bonds. The molecule has 1 aliphatic rings. The molecule has 110 valence electrons. The van der Waals surface area contributed by atoms with Crippen LogP contribution in [0.5, 0.6) is 0 Å². The molecular weight excluding hydrogens is 345 g/mol. The van der Waals surface area contributed by atoms with Gasteiger partial charge in [-0.15, -0.1) is 0 Å². The van der Waals surface area contributed by atoms with Crippen LogP contribution >= 0.6 is 23.7 Å². The van der Waals surface area contributed by atoms with E-state index >= 15 is 0 Å². The van der Waals surface area contributed by atoms with Crippen molar-refractivity contribution in [3.05, 3.63) is 30.3 Å². The lowest BCUT2D eigenvalue weighted by Crippen LogP contribution is -2.20. The number of benzene rings is 1. The van der Waals surface area contributed by atoms with Gasteiger partial charge in [0.25, 0.3) is 0 Å². The maximum Gasteiger partial charge on any atom is 0.434 e. The average Bonchev–Trinajstić information content (AvgIpc) is 2.42. The Morgan fingerprint density at radius 2 is 1.95 bits per heavy atom. The van der Waals surface area contributed by atoms with Crippen molar-refractivity contribution in [1.82, 2.24) is 0 Å². The zero-order valence-electron chi connectivity index (χ0n) is 11.0. The fourth-order valence-electron chi connectivity index (χ4n) is 1.82. The summed E-state index contributed by atoms with van der Waals surface area (Å²) in [5, 5.41) is 1.84. The van der Waals surface area contributed by atoms with Crippen molar-refractivity contribution in [2.45, 2.75) is 30.7 Å². The first-order chi connectivity index (χ1) is 9.59. The topological polar surface area (TPSA) is 64.6 Å². The van der Waals surface area contributed by atoms with E-state index < -0.39 is 12.8 Å². The van der Waals surface area contributed by atoms with Gasteiger partial charge in [-0.05, 0) is 40.9 Å². The lowest BCUT2D eigenvalue weighted by atomic mass is 10.1. The second-order valence-corrected chi connectivity index (χ2v) is 7.03. The van der Waals surface area contributed by atoms with E-state index in [1.54, 1.807) is 12.1 Å². The highest BCUT2D eigenvalue weighted by Crippen LogP contribution is 2.50. The number of hydrogen-bond donors (Lipinski definition) is 1. The van der Waals surface area contributed by atoms with Crippen LogP contribution in [-0.4, -0.2) is 17.4 Å². The van der Waals surface area contributed by atoms with Crippen molar-refractivity contribution in [2.24, 2.45) is 0 Å². The summed E-state index contributed by atoms with van der Waals surface area (Å²) in [6.07, 6.45) is 2.84. The minimum absolute atomic E-state index is 0.120. The van der Waals surface area contributed by atoms with Gasteiger partial charge in [-0.3, -0.25) is 18.9 Å². The Balaban J connectivity index is 2.12. The molecule has 20 heavy (non-hydrogen) atoms. The third-order valence-corrected chi connectivity index (χ3v) is 5.38. The van der Waals surface area contributed by atoms with Gasteiger partial charge < -0.3 is 0 Å². The van der Waals surface area contributed by atoms with Crippen LogP contribution in [0.4, 0.5) is 5.69 Å². The molecule has 0 bridgehead atoms. The van der Waals surface area contributed by atoms with Gasteiger partial charge in [-0.1, -0.05) is 24.6 Å². The minimum atomic E-state index is -3.56. The van der Waals surface area contributed by atoms with Gasteiger partial charge in [0, 0.05) is 12.1 Å². The zero-order valence-corrected chi connectivity index (χ0v) is 13.4. The molecule has 0 aromatic heterocycles. The van der Waals surface area contributed by atoms with Crippen molar-refractivity contribution < 1.29 is 18.4 Å². The normalized spacial score (nSPS) is 28.9. The highest BCUT2D eigenvalue weighted by atomic mass is 79.9. The molecule has 0 radical (unpaired) electrons. The average molecular weight is 362 g/mol. The van der Waals surface area contributed by atoms with Crippen LogP contribution in [0.15, 0.2) is 30.3 Å². The number of para-hydroxylation sites is 1. The number of anilines is 1. The predicted octanol–water partition coefficient (Wildman–Crippen LogP) is 4.10. The van der Waals surface area contributed by atoms with Gasteiger partial charge in [0.2, 0.25) is 0 Å². The first-order valence-corrected chi connectivity index (χ1v) is 8.98. The van der Waals surface area contributed by atoms with Crippen LogP contribution < -0.4 is 5.09 Å². The molecule has 1 aromatic carbocycles. The molecule has 1 saturated heterocycles. The first kappa shape index (κ1) is 15.7. The SMILES string of the molecule is O=C1CCCCCOP(=O)(Nc2ccccc2)OC1Br. The van der Waals surface area contributed by atoms with Crippen LogP contribution in [0.1, 0.15) is 25.7 Å². The maximum atomic E-state index is 12.7. The maximum absolute atomic E-state index is 12.7. The predicted molar refractivity (Wildman–Crippen MR) is 80.9 cm³/mol. The first-order valence-electron chi connectivity index (χ1n) is 6.52. The van der Waals surface area contributed by atoms with E-state index in [1.165, 1.54) is 0 Å². The van der Waals surface area contributed by atoms with Crippen molar-refractivity contribution in [3.63, 3.8) is 0 Å². The Hall–Kier alpha value is -0.680. The van der Waals surface area contributed by atoms with Gasteiger partial charge in [0.15, 0.2) is 10.8 Å². The molecule has 0 spiro atoms. The van der Waals surface area contributed by atoms with Crippen LogP contribution in [0, 0.1) is 0 Å². The number of hydrogen-bond acceptors (Lipinski definition) is 4.